The molecular formula is C16H17F3N2O2. The molecule has 0 atom stereocenters. The fourth-order valence-corrected chi connectivity index (χ4v) is 2.20. The average molecular weight is 326 g/mol. The van der Waals surface area contributed by atoms with Crippen molar-refractivity contribution < 1.29 is 22.5 Å². The van der Waals surface area contributed by atoms with Gasteiger partial charge in [-0.1, -0.05) is 17.3 Å². The van der Waals surface area contributed by atoms with Crippen LogP contribution < -0.4 is 0 Å². The van der Waals surface area contributed by atoms with E-state index in [-0.39, 0.29) is 18.9 Å². The molecule has 0 bridgehead atoms. The predicted molar refractivity (Wildman–Crippen MR) is 77.6 cm³/mol. The SMILES string of the molecule is Cc1noc(C)c1CC(=O)N(C)Cc1ccc(C(F)(F)F)cc1. The summed E-state index contributed by atoms with van der Waals surface area (Å²) in [7, 11) is 1.61. The summed E-state index contributed by atoms with van der Waals surface area (Å²) in [5, 5.41) is 3.79. The molecule has 2 rings (SSSR count). The largest absolute Gasteiger partial charge is 0.416 e. The van der Waals surface area contributed by atoms with Gasteiger partial charge in [-0.25, -0.2) is 0 Å². The summed E-state index contributed by atoms with van der Waals surface area (Å²) in [6.07, 6.45) is -4.21. The van der Waals surface area contributed by atoms with Crippen molar-refractivity contribution >= 4 is 5.91 Å². The highest BCUT2D eigenvalue weighted by molar-refractivity contribution is 5.79. The van der Waals surface area contributed by atoms with Crippen LogP contribution >= 0.6 is 0 Å². The van der Waals surface area contributed by atoms with Crippen LogP contribution in [0.5, 0.6) is 0 Å². The number of alkyl halides is 3. The van der Waals surface area contributed by atoms with E-state index in [4.69, 9.17) is 4.52 Å². The van der Waals surface area contributed by atoms with Crippen LogP contribution in [-0.2, 0) is 23.9 Å². The Morgan fingerprint density at radius 2 is 1.83 bits per heavy atom. The van der Waals surface area contributed by atoms with Gasteiger partial charge in [-0.3, -0.25) is 4.79 Å². The molecule has 124 valence electrons. The molecule has 0 fully saturated rings. The average Bonchev–Trinajstić information content (AvgIpc) is 2.78. The van der Waals surface area contributed by atoms with Gasteiger partial charge in [-0.05, 0) is 31.5 Å². The third kappa shape index (κ3) is 4.12. The Labute approximate surface area is 131 Å². The molecule has 4 nitrogen and oxygen atoms in total. The van der Waals surface area contributed by atoms with Crippen LogP contribution in [-0.4, -0.2) is 23.0 Å². The highest BCUT2D eigenvalue weighted by Crippen LogP contribution is 2.29. The van der Waals surface area contributed by atoms with Gasteiger partial charge in [0.2, 0.25) is 5.91 Å². The minimum Gasteiger partial charge on any atom is -0.361 e. The number of rotatable bonds is 4. The molecule has 1 amide bonds. The number of halogens is 3. The smallest absolute Gasteiger partial charge is 0.361 e. The maximum absolute atomic E-state index is 12.5. The van der Waals surface area contributed by atoms with E-state index in [1.54, 1.807) is 20.9 Å². The fraction of sp³-hybridized carbons (Fsp3) is 0.375. The third-order valence-electron chi connectivity index (χ3n) is 3.64. The van der Waals surface area contributed by atoms with Crippen LogP contribution in [0.1, 0.15) is 28.1 Å². The topological polar surface area (TPSA) is 46.3 Å². The van der Waals surface area contributed by atoms with Crippen molar-refractivity contribution in [2.75, 3.05) is 7.05 Å². The van der Waals surface area contributed by atoms with E-state index in [9.17, 15) is 18.0 Å². The molecule has 2 aromatic rings. The van der Waals surface area contributed by atoms with Crippen LogP contribution in [0.4, 0.5) is 13.2 Å². The van der Waals surface area contributed by atoms with Crippen molar-refractivity contribution in [1.29, 1.82) is 0 Å². The van der Waals surface area contributed by atoms with Gasteiger partial charge in [-0.15, -0.1) is 0 Å². The van der Waals surface area contributed by atoms with Gasteiger partial charge in [0.05, 0.1) is 17.7 Å². The Hall–Kier alpha value is -2.31. The first kappa shape index (κ1) is 17.1. The van der Waals surface area contributed by atoms with Crippen LogP contribution in [0, 0.1) is 13.8 Å². The van der Waals surface area contributed by atoms with E-state index in [1.807, 2.05) is 0 Å². The standard InChI is InChI=1S/C16H17F3N2O2/c1-10-14(11(2)23-20-10)8-15(22)21(3)9-12-4-6-13(7-5-12)16(17,18)19/h4-7H,8-9H2,1-3H3. The number of nitrogens with zero attached hydrogens (tertiary/aromatic N) is 2. The molecule has 0 saturated carbocycles. The van der Waals surface area contributed by atoms with Crippen LogP contribution in [0.15, 0.2) is 28.8 Å². The van der Waals surface area contributed by atoms with Gasteiger partial charge < -0.3 is 9.42 Å². The molecule has 1 aromatic carbocycles. The van der Waals surface area contributed by atoms with Crippen LogP contribution in [0.25, 0.3) is 0 Å². The van der Waals surface area contributed by atoms with Gasteiger partial charge in [0, 0.05) is 19.2 Å². The Morgan fingerprint density at radius 3 is 2.30 bits per heavy atom. The Balaban J connectivity index is 2.01. The summed E-state index contributed by atoms with van der Waals surface area (Å²) < 4.78 is 42.6. The van der Waals surface area contributed by atoms with E-state index in [0.717, 1.165) is 17.7 Å². The van der Waals surface area contributed by atoms with Gasteiger partial charge in [0.1, 0.15) is 5.76 Å². The van der Waals surface area contributed by atoms with Crippen molar-refractivity contribution in [3.05, 3.63) is 52.4 Å². The molecule has 0 spiro atoms. The van der Waals surface area contributed by atoms with E-state index in [2.05, 4.69) is 5.16 Å². The number of aromatic nitrogens is 1. The molecule has 7 heteroatoms. The predicted octanol–water partition coefficient (Wildman–Crippen LogP) is 3.51. The molecule has 0 aliphatic carbocycles. The van der Waals surface area contributed by atoms with Gasteiger partial charge in [0.25, 0.3) is 0 Å². The number of hydrogen-bond donors (Lipinski definition) is 0. The summed E-state index contributed by atoms with van der Waals surface area (Å²) in [6.45, 7) is 3.73. The first-order chi connectivity index (χ1) is 10.7. The quantitative estimate of drug-likeness (QED) is 0.864. The first-order valence-corrected chi connectivity index (χ1v) is 7.00. The molecular weight excluding hydrogens is 309 g/mol. The molecule has 1 heterocycles. The molecule has 0 aliphatic rings. The lowest BCUT2D eigenvalue weighted by molar-refractivity contribution is -0.137. The lowest BCUT2D eigenvalue weighted by atomic mass is 10.1. The number of carbonyl (C=O) groups is 1. The summed E-state index contributed by atoms with van der Waals surface area (Å²) in [4.78, 5) is 13.7. The highest BCUT2D eigenvalue weighted by Gasteiger charge is 2.30. The second-order valence-electron chi connectivity index (χ2n) is 5.42. The summed E-state index contributed by atoms with van der Waals surface area (Å²) in [6, 6.07) is 4.79. The number of benzene rings is 1. The second kappa shape index (κ2) is 6.44. The van der Waals surface area contributed by atoms with Gasteiger partial charge in [0.15, 0.2) is 0 Å². The maximum Gasteiger partial charge on any atom is 0.416 e. The minimum atomic E-state index is -4.36. The summed E-state index contributed by atoms with van der Waals surface area (Å²) >= 11 is 0. The third-order valence-corrected chi connectivity index (χ3v) is 3.64. The second-order valence-corrected chi connectivity index (χ2v) is 5.42. The van der Waals surface area contributed by atoms with Crippen LogP contribution in [0.3, 0.4) is 0 Å². The van der Waals surface area contributed by atoms with E-state index >= 15 is 0 Å². The fourth-order valence-electron chi connectivity index (χ4n) is 2.20. The van der Waals surface area contributed by atoms with Gasteiger partial charge >= 0.3 is 6.18 Å². The first-order valence-electron chi connectivity index (χ1n) is 7.00. The molecule has 23 heavy (non-hydrogen) atoms. The van der Waals surface area contributed by atoms with Crippen molar-refractivity contribution in [2.24, 2.45) is 0 Å². The van der Waals surface area contributed by atoms with Crippen molar-refractivity contribution in [2.45, 2.75) is 33.0 Å². The zero-order valence-electron chi connectivity index (χ0n) is 13.1. The Bertz CT molecular complexity index is 671. The van der Waals surface area contributed by atoms with Crippen LogP contribution in [0.2, 0.25) is 0 Å². The number of likely N-dealkylation sites (N-methyl/N-ethyl adjacent to an activating group) is 1. The summed E-state index contributed by atoms with van der Waals surface area (Å²) in [5.74, 6) is 0.443. The summed E-state index contributed by atoms with van der Waals surface area (Å²) in [5.41, 5.74) is 1.34. The minimum absolute atomic E-state index is 0.151. The lowest BCUT2D eigenvalue weighted by Gasteiger charge is -2.17. The van der Waals surface area contributed by atoms with E-state index in [0.29, 0.717) is 17.0 Å². The molecule has 1 aromatic heterocycles. The molecule has 0 N–H and O–H groups in total. The zero-order chi connectivity index (χ0) is 17.2. The van der Waals surface area contributed by atoms with Crippen molar-refractivity contribution in [1.82, 2.24) is 10.1 Å². The molecule has 0 saturated heterocycles. The maximum atomic E-state index is 12.5. The highest BCUT2D eigenvalue weighted by atomic mass is 19.4. The lowest BCUT2D eigenvalue weighted by Crippen LogP contribution is -2.28. The van der Waals surface area contributed by atoms with Gasteiger partial charge in [-0.2, -0.15) is 13.2 Å². The number of carbonyl (C=O) groups excluding carboxylic acids is 1. The van der Waals surface area contributed by atoms with Crippen molar-refractivity contribution in [3.63, 3.8) is 0 Å². The Morgan fingerprint density at radius 1 is 1.22 bits per heavy atom. The molecule has 0 unspecified atom stereocenters. The Kier molecular flexibility index (Phi) is 4.77. The number of hydrogen-bond acceptors (Lipinski definition) is 3. The molecule has 0 radical (unpaired) electrons. The van der Waals surface area contributed by atoms with E-state index < -0.39 is 11.7 Å². The number of aryl methyl sites for hydroxylation is 2. The monoisotopic (exact) mass is 326 g/mol. The van der Waals surface area contributed by atoms with E-state index in [1.165, 1.54) is 17.0 Å². The van der Waals surface area contributed by atoms with Crippen molar-refractivity contribution in [3.8, 4) is 0 Å². The molecule has 0 aliphatic heterocycles. The normalized spacial score (nSPS) is 11.6. The number of amides is 1. The zero-order valence-corrected chi connectivity index (χ0v) is 13.1.